The molecule has 0 saturated carbocycles. The summed E-state index contributed by atoms with van der Waals surface area (Å²) in [6.45, 7) is 0. The Hall–Kier alpha value is -0.710. The van der Waals surface area contributed by atoms with Gasteiger partial charge in [0.2, 0.25) is 0 Å². The van der Waals surface area contributed by atoms with Crippen LogP contribution in [-0.4, -0.2) is 4.98 Å². The topological polar surface area (TPSA) is 38.9 Å². The molecule has 1 aromatic carbocycles. The van der Waals surface area contributed by atoms with Gasteiger partial charge < -0.3 is 5.73 Å². The molecule has 0 bridgehead atoms. The van der Waals surface area contributed by atoms with Crippen molar-refractivity contribution in [1.82, 2.24) is 4.98 Å². The standard InChI is InChI=1S/C12H10Br2N2/c13-9-1-2-11(14)10(7-9)12(15)8-3-5-16-6-4-8/h1-7,12H,15H2. The van der Waals surface area contributed by atoms with E-state index in [4.69, 9.17) is 5.73 Å². The van der Waals surface area contributed by atoms with Crippen molar-refractivity contribution in [3.63, 3.8) is 0 Å². The van der Waals surface area contributed by atoms with Crippen LogP contribution in [0.4, 0.5) is 0 Å². The van der Waals surface area contributed by atoms with Gasteiger partial charge in [0.25, 0.3) is 0 Å². The van der Waals surface area contributed by atoms with Gasteiger partial charge in [0.1, 0.15) is 0 Å². The maximum Gasteiger partial charge on any atom is 0.0564 e. The lowest BCUT2D eigenvalue weighted by Gasteiger charge is -2.14. The minimum Gasteiger partial charge on any atom is -0.320 e. The molecule has 82 valence electrons. The predicted molar refractivity (Wildman–Crippen MR) is 72.1 cm³/mol. The molecule has 0 aliphatic rings. The summed E-state index contributed by atoms with van der Waals surface area (Å²) in [6.07, 6.45) is 3.50. The SMILES string of the molecule is NC(c1ccncc1)c1cc(Br)ccc1Br. The normalized spacial score (nSPS) is 12.4. The molecule has 0 aliphatic carbocycles. The van der Waals surface area contributed by atoms with E-state index in [-0.39, 0.29) is 6.04 Å². The summed E-state index contributed by atoms with van der Waals surface area (Å²) < 4.78 is 2.04. The second-order valence-corrected chi connectivity index (χ2v) is 5.19. The summed E-state index contributed by atoms with van der Waals surface area (Å²) in [5.41, 5.74) is 8.31. The third-order valence-electron chi connectivity index (χ3n) is 2.36. The molecule has 1 heterocycles. The number of halogens is 2. The Kier molecular flexibility index (Phi) is 3.74. The first-order valence-electron chi connectivity index (χ1n) is 4.79. The van der Waals surface area contributed by atoms with Gasteiger partial charge >= 0.3 is 0 Å². The molecular formula is C12H10Br2N2. The molecule has 0 aliphatic heterocycles. The van der Waals surface area contributed by atoms with E-state index in [0.717, 1.165) is 20.1 Å². The molecule has 2 aromatic rings. The average Bonchev–Trinajstić information content (AvgIpc) is 2.32. The van der Waals surface area contributed by atoms with E-state index in [1.54, 1.807) is 12.4 Å². The van der Waals surface area contributed by atoms with E-state index in [2.05, 4.69) is 36.8 Å². The second-order valence-electron chi connectivity index (χ2n) is 3.42. The van der Waals surface area contributed by atoms with Crippen molar-refractivity contribution >= 4 is 31.9 Å². The van der Waals surface area contributed by atoms with Crippen LogP contribution in [0.1, 0.15) is 17.2 Å². The maximum absolute atomic E-state index is 6.21. The van der Waals surface area contributed by atoms with E-state index < -0.39 is 0 Å². The lowest BCUT2D eigenvalue weighted by molar-refractivity contribution is 0.861. The van der Waals surface area contributed by atoms with Crippen LogP contribution in [-0.2, 0) is 0 Å². The smallest absolute Gasteiger partial charge is 0.0564 e. The fourth-order valence-corrected chi connectivity index (χ4v) is 2.38. The Bertz CT molecular complexity index is 486. The van der Waals surface area contributed by atoms with Gasteiger partial charge in [0.05, 0.1) is 6.04 Å². The molecule has 1 aromatic heterocycles. The molecule has 0 amide bonds. The Morgan fingerprint density at radius 2 is 1.75 bits per heavy atom. The third kappa shape index (κ3) is 2.51. The third-order valence-corrected chi connectivity index (χ3v) is 3.57. The van der Waals surface area contributed by atoms with E-state index >= 15 is 0 Å². The molecule has 2 nitrogen and oxygen atoms in total. The molecule has 1 atom stereocenters. The minimum absolute atomic E-state index is 0.144. The van der Waals surface area contributed by atoms with Crippen molar-refractivity contribution in [2.24, 2.45) is 5.73 Å². The van der Waals surface area contributed by atoms with Crippen LogP contribution in [0.25, 0.3) is 0 Å². The summed E-state index contributed by atoms with van der Waals surface area (Å²) in [4.78, 5) is 3.98. The predicted octanol–water partition coefficient (Wildman–Crippen LogP) is 3.65. The molecule has 2 rings (SSSR count). The molecule has 4 heteroatoms. The average molecular weight is 342 g/mol. The first kappa shape index (κ1) is 11.8. The van der Waals surface area contributed by atoms with Crippen molar-refractivity contribution in [1.29, 1.82) is 0 Å². The second kappa shape index (κ2) is 5.08. The first-order valence-corrected chi connectivity index (χ1v) is 6.37. The highest BCUT2D eigenvalue weighted by Gasteiger charge is 2.12. The summed E-state index contributed by atoms with van der Waals surface area (Å²) in [6, 6.07) is 9.70. The van der Waals surface area contributed by atoms with Crippen LogP contribution < -0.4 is 5.73 Å². The zero-order valence-corrected chi connectivity index (χ0v) is 11.6. The molecule has 0 fully saturated rings. The zero-order chi connectivity index (χ0) is 11.5. The van der Waals surface area contributed by atoms with Gasteiger partial charge in [0, 0.05) is 21.3 Å². The molecule has 0 spiro atoms. The molecule has 0 saturated heterocycles. The highest BCUT2D eigenvalue weighted by atomic mass is 79.9. The fourth-order valence-electron chi connectivity index (χ4n) is 1.50. The van der Waals surface area contributed by atoms with Gasteiger partial charge in [-0.1, -0.05) is 31.9 Å². The van der Waals surface area contributed by atoms with Crippen LogP contribution in [0.5, 0.6) is 0 Å². The monoisotopic (exact) mass is 340 g/mol. The number of benzene rings is 1. The number of pyridine rings is 1. The number of hydrogen-bond donors (Lipinski definition) is 1. The number of nitrogens with zero attached hydrogens (tertiary/aromatic N) is 1. The molecule has 0 radical (unpaired) electrons. The van der Waals surface area contributed by atoms with Crippen LogP contribution in [0, 0.1) is 0 Å². The molecule has 1 unspecified atom stereocenters. The molecule has 16 heavy (non-hydrogen) atoms. The van der Waals surface area contributed by atoms with Gasteiger partial charge in [-0.3, -0.25) is 4.98 Å². The molecular weight excluding hydrogens is 332 g/mol. The van der Waals surface area contributed by atoms with Crippen molar-refractivity contribution in [2.45, 2.75) is 6.04 Å². The summed E-state index contributed by atoms with van der Waals surface area (Å²) in [5, 5.41) is 0. The lowest BCUT2D eigenvalue weighted by atomic mass is 10.0. The highest BCUT2D eigenvalue weighted by Crippen LogP contribution is 2.29. The Balaban J connectivity index is 2.41. The van der Waals surface area contributed by atoms with Crippen molar-refractivity contribution in [3.8, 4) is 0 Å². The van der Waals surface area contributed by atoms with E-state index in [1.807, 2.05) is 30.3 Å². The van der Waals surface area contributed by atoms with Crippen molar-refractivity contribution in [2.75, 3.05) is 0 Å². The van der Waals surface area contributed by atoms with E-state index in [9.17, 15) is 0 Å². The lowest BCUT2D eigenvalue weighted by Crippen LogP contribution is -2.12. The number of hydrogen-bond acceptors (Lipinski definition) is 2. The number of aromatic nitrogens is 1. The fraction of sp³-hybridized carbons (Fsp3) is 0.0833. The van der Waals surface area contributed by atoms with Gasteiger partial charge in [0.15, 0.2) is 0 Å². The maximum atomic E-state index is 6.21. The largest absolute Gasteiger partial charge is 0.320 e. The number of rotatable bonds is 2. The Morgan fingerprint density at radius 1 is 1.06 bits per heavy atom. The highest BCUT2D eigenvalue weighted by molar-refractivity contribution is 9.11. The Labute approximate surface area is 111 Å². The van der Waals surface area contributed by atoms with E-state index in [1.165, 1.54) is 0 Å². The van der Waals surface area contributed by atoms with Crippen LogP contribution in [0.15, 0.2) is 51.7 Å². The quantitative estimate of drug-likeness (QED) is 0.905. The van der Waals surface area contributed by atoms with E-state index in [0.29, 0.717) is 0 Å². The van der Waals surface area contributed by atoms with Gasteiger partial charge in [-0.05, 0) is 41.5 Å². The summed E-state index contributed by atoms with van der Waals surface area (Å²) >= 11 is 6.96. The zero-order valence-electron chi connectivity index (χ0n) is 8.40. The van der Waals surface area contributed by atoms with Crippen molar-refractivity contribution < 1.29 is 0 Å². The first-order chi connectivity index (χ1) is 7.68. The minimum atomic E-state index is -0.144. The van der Waals surface area contributed by atoms with Gasteiger partial charge in [-0.15, -0.1) is 0 Å². The van der Waals surface area contributed by atoms with Gasteiger partial charge in [-0.2, -0.15) is 0 Å². The van der Waals surface area contributed by atoms with Gasteiger partial charge in [-0.25, -0.2) is 0 Å². The number of nitrogens with two attached hydrogens (primary N) is 1. The molecule has 2 N–H and O–H groups in total. The van der Waals surface area contributed by atoms with Crippen molar-refractivity contribution in [3.05, 3.63) is 62.8 Å². The van der Waals surface area contributed by atoms with Crippen LogP contribution >= 0.6 is 31.9 Å². The Morgan fingerprint density at radius 3 is 2.44 bits per heavy atom. The van der Waals surface area contributed by atoms with Crippen LogP contribution in [0.3, 0.4) is 0 Å². The summed E-state index contributed by atoms with van der Waals surface area (Å²) in [7, 11) is 0. The van der Waals surface area contributed by atoms with Crippen LogP contribution in [0.2, 0.25) is 0 Å². The summed E-state index contributed by atoms with van der Waals surface area (Å²) in [5.74, 6) is 0.